The highest BCUT2D eigenvalue weighted by Crippen LogP contribution is 2.09. The van der Waals surface area contributed by atoms with Crippen molar-refractivity contribution in [3.8, 4) is 5.75 Å². The maximum Gasteiger partial charge on any atom is 0.115 e. The average molecular weight is 136 g/mol. The number of phenols is 1. The lowest BCUT2D eigenvalue weighted by molar-refractivity contribution is 0.474. The van der Waals surface area contributed by atoms with Gasteiger partial charge in [-0.2, -0.15) is 0 Å². The first-order chi connectivity index (χ1) is 4.83. The van der Waals surface area contributed by atoms with Crippen molar-refractivity contribution in [3.05, 3.63) is 36.9 Å². The van der Waals surface area contributed by atoms with E-state index in [1.807, 2.05) is 12.1 Å². The first kappa shape index (κ1) is 7.09. The molecule has 0 aliphatic heterocycles. The second-order valence-electron chi connectivity index (χ2n) is 2.10. The van der Waals surface area contributed by atoms with Gasteiger partial charge in [-0.05, 0) is 17.7 Å². The van der Waals surface area contributed by atoms with E-state index in [1.54, 1.807) is 12.1 Å². The fourth-order valence-corrected chi connectivity index (χ4v) is 0.811. The van der Waals surface area contributed by atoms with E-state index in [4.69, 9.17) is 5.11 Å². The molecular formula is C8H10NO. The Labute approximate surface area is 60.5 Å². The molecule has 0 heterocycles. The Bertz CT molecular complexity index is 210. The molecule has 1 aromatic rings. The smallest absolute Gasteiger partial charge is 0.115 e. The molecule has 0 spiro atoms. The molecule has 1 aromatic carbocycles. The summed E-state index contributed by atoms with van der Waals surface area (Å²) in [5, 5.41) is 11.7. The minimum absolute atomic E-state index is 0.299. The van der Waals surface area contributed by atoms with Crippen molar-refractivity contribution >= 4 is 0 Å². The van der Waals surface area contributed by atoms with Crippen molar-refractivity contribution in [2.24, 2.45) is 0 Å². The van der Waals surface area contributed by atoms with Crippen molar-refractivity contribution in [1.82, 2.24) is 5.32 Å². The molecule has 53 valence electrons. The van der Waals surface area contributed by atoms with Crippen LogP contribution in [-0.4, -0.2) is 5.11 Å². The number of rotatable bonds is 2. The zero-order valence-corrected chi connectivity index (χ0v) is 5.67. The van der Waals surface area contributed by atoms with Crippen LogP contribution in [0.15, 0.2) is 24.3 Å². The van der Waals surface area contributed by atoms with Crippen LogP contribution in [0.3, 0.4) is 0 Å². The van der Waals surface area contributed by atoms with Crippen LogP contribution in [0, 0.1) is 7.05 Å². The summed E-state index contributed by atoms with van der Waals surface area (Å²) in [6.07, 6.45) is 0. The van der Waals surface area contributed by atoms with E-state index in [2.05, 4.69) is 12.4 Å². The summed E-state index contributed by atoms with van der Waals surface area (Å²) in [6, 6.07) is 7.09. The van der Waals surface area contributed by atoms with Crippen LogP contribution in [0.2, 0.25) is 0 Å². The Morgan fingerprint density at radius 1 is 1.50 bits per heavy atom. The molecule has 2 heteroatoms. The van der Waals surface area contributed by atoms with E-state index in [0.29, 0.717) is 12.3 Å². The fraction of sp³-hybridized carbons (Fsp3) is 0.125. The average Bonchev–Trinajstić information content (AvgIpc) is 1.88. The Morgan fingerprint density at radius 3 is 2.90 bits per heavy atom. The van der Waals surface area contributed by atoms with Gasteiger partial charge in [0, 0.05) is 13.6 Å². The number of hydrogen-bond donors (Lipinski definition) is 2. The molecule has 0 saturated heterocycles. The van der Waals surface area contributed by atoms with Gasteiger partial charge < -0.3 is 10.4 Å². The Balaban J connectivity index is 2.75. The molecule has 0 amide bonds. The summed E-state index contributed by atoms with van der Waals surface area (Å²) in [6.45, 7) is 0.689. The lowest BCUT2D eigenvalue weighted by Gasteiger charge is -1.98. The van der Waals surface area contributed by atoms with Crippen molar-refractivity contribution in [2.45, 2.75) is 6.54 Å². The van der Waals surface area contributed by atoms with Gasteiger partial charge in [0.25, 0.3) is 0 Å². The van der Waals surface area contributed by atoms with E-state index in [1.165, 1.54) is 0 Å². The molecule has 2 nitrogen and oxygen atoms in total. The van der Waals surface area contributed by atoms with Crippen LogP contribution in [0.4, 0.5) is 0 Å². The van der Waals surface area contributed by atoms with Gasteiger partial charge in [0.05, 0.1) is 0 Å². The third kappa shape index (κ3) is 1.74. The van der Waals surface area contributed by atoms with Gasteiger partial charge in [-0.25, -0.2) is 0 Å². The van der Waals surface area contributed by atoms with Crippen LogP contribution >= 0.6 is 0 Å². The van der Waals surface area contributed by atoms with Gasteiger partial charge >= 0.3 is 0 Å². The van der Waals surface area contributed by atoms with Gasteiger partial charge in [0.15, 0.2) is 0 Å². The Hall–Kier alpha value is -1.02. The summed E-state index contributed by atoms with van der Waals surface area (Å²) in [5.41, 5.74) is 1.04. The molecule has 0 fully saturated rings. The minimum atomic E-state index is 0.299. The first-order valence-electron chi connectivity index (χ1n) is 3.11. The van der Waals surface area contributed by atoms with Crippen LogP contribution in [0.5, 0.6) is 5.75 Å². The molecule has 2 N–H and O–H groups in total. The van der Waals surface area contributed by atoms with Gasteiger partial charge in [-0.15, -0.1) is 0 Å². The van der Waals surface area contributed by atoms with E-state index in [0.717, 1.165) is 5.56 Å². The topological polar surface area (TPSA) is 32.3 Å². The molecule has 0 bridgehead atoms. The Morgan fingerprint density at radius 2 is 2.30 bits per heavy atom. The lowest BCUT2D eigenvalue weighted by Crippen LogP contribution is -2.01. The predicted molar refractivity (Wildman–Crippen MR) is 40.3 cm³/mol. The SMILES string of the molecule is [CH2]NCc1cccc(O)c1. The van der Waals surface area contributed by atoms with Crippen LogP contribution in [-0.2, 0) is 6.54 Å². The third-order valence-electron chi connectivity index (χ3n) is 1.24. The van der Waals surface area contributed by atoms with Crippen LogP contribution in [0.25, 0.3) is 0 Å². The molecule has 0 unspecified atom stereocenters. The highest BCUT2D eigenvalue weighted by atomic mass is 16.3. The number of benzene rings is 1. The van der Waals surface area contributed by atoms with Gasteiger partial charge in [-0.3, -0.25) is 0 Å². The molecule has 0 aliphatic rings. The van der Waals surface area contributed by atoms with E-state index >= 15 is 0 Å². The maximum absolute atomic E-state index is 8.99. The van der Waals surface area contributed by atoms with Gasteiger partial charge in [-0.1, -0.05) is 12.1 Å². The van der Waals surface area contributed by atoms with Gasteiger partial charge in [0.2, 0.25) is 0 Å². The standard InChI is InChI=1S/C8H10NO/c1-9-6-7-3-2-4-8(10)5-7/h2-5,9-10H,1,6H2. The molecule has 0 saturated carbocycles. The lowest BCUT2D eigenvalue weighted by atomic mass is 10.2. The van der Waals surface area contributed by atoms with Gasteiger partial charge in [0.1, 0.15) is 5.75 Å². The number of aromatic hydroxyl groups is 1. The molecule has 1 rings (SSSR count). The molecule has 0 atom stereocenters. The highest BCUT2D eigenvalue weighted by Gasteiger charge is 1.90. The molecule has 0 aliphatic carbocycles. The maximum atomic E-state index is 8.99. The van der Waals surface area contributed by atoms with E-state index < -0.39 is 0 Å². The fourth-order valence-electron chi connectivity index (χ4n) is 0.811. The van der Waals surface area contributed by atoms with E-state index in [9.17, 15) is 0 Å². The van der Waals surface area contributed by atoms with Crippen molar-refractivity contribution in [1.29, 1.82) is 0 Å². The molecule has 10 heavy (non-hydrogen) atoms. The molecular weight excluding hydrogens is 126 g/mol. The summed E-state index contributed by atoms with van der Waals surface area (Å²) >= 11 is 0. The molecule has 1 radical (unpaired) electrons. The number of nitrogens with one attached hydrogen (secondary N) is 1. The normalized spacial score (nSPS) is 9.70. The minimum Gasteiger partial charge on any atom is -0.508 e. The summed E-state index contributed by atoms with van der Waals surface area (Å²) in [7, 11) is 3.48. The highest BCUT2D eigenvalue weighted by molar-refractivity contribution is 5.26. The zero-order chi connectivity index (χ0) is 7.40. The molecule has 0 aromatic heterocycles. The third-order valence-corrected chi connectivity index (χ3v) is 1.24. The second kappa shape index (κ2) is 3.22. The predicted octanol–water partition coefficient (Wildman–Crippen LogP) is 1.27. The van der Waals surface area contributed by atoms with Crippen LogP contribution < -0.4 is 5.32 Å². The quantitative estimate of drug-likeness (QED) is 0.641. The van der Waals surface area contributed by atoms with Crippen molar-refractivity contribution in [3.63, 3.8) is 0 Å². The summed E-state index contributed by atoms with van der Waals surface area (Å²) in [5.74, 6) is 0.299. The monoisotopic (exact) mass is 136 g/mol. The summed E-state index contributed by atoms with van der Waals surface area (Å²) < 4.78 is 0. The number of phenolic OH excluding ortho intramolecular Hbond substituents is 1. The van der Waals surface area contributed by atoms with E-state index in [-0.39, 0.29) is 0 Å². The second-order valence-corrected chi connectivity index (χ2v) is 2.10. The largest absolute Gasteiger partial charge is 0.508 e. The van der Waals surface area contributed by atoms with Crippen LogP contribution in [0.1, 0.15) is 5.56 Å². The van der Waals surface area contributed by atoms with Crippen molar-refractivity contribution < 1.29 is 5.11 Å². The number of hydrogen-bond acceptors (Lipinski definition) is 2. The first-order valence-corrected chi connectivity index (χ1v) is 3.11. The zero-order valence-electron chi connectivity index (χ0n) is 5.67. The summed E-state index contributed by atoms with van der Waals surface area (Å²) in [4.78, 5) is 0. The van der Waals surface area contributed by atoms with Crippen molar-refractivity contribution in [2.75, 3.05) is 0 Å². The Kier molecular flexibility index (Phi) is 2.29.